The van der Waals surface area contributed by atoms with Crippen LogP contribution in [0.2, 0.25) is 0 Å². The molecule has 0 unspecified atom stereocenters. The summed E-state index contributed by atoms with van der Waals surface area (Å²) in [4.78, 5) is 0. The van der Waals surface area contributed by atoms with Crippen molar-refractivity contribution in [2.45, 2.75) is 59.3 Å². The van der Waals surface area contributed by atoms with Crippen molar-refractivity contribution < 1.29 is 9.67 Å². The molecule has 170 valence electrons. The Kier molecular flexibility index (Phi) is 6.63. The molecule has 0 spiro atoms. The van der Waals surface area contributed by atoms with E-state index in [-0.39, 0.29) is 16.6 Å². The minimum atomic E-state index is -3.25. The molecule has 0 fully saturated rings. The highest BCUT2D eigenvalue weighted by Gasteiger charge is 2.37. The lowest BCUT2D eigenvalue weighted by Crippen LogP contribution is -2.33. The number of phenols is 1. The lowest BCUT2D eigenvalue weighted by Gasteiger charge is -2.36. The zero-order valence-electron chi connectivity index (χ0n) is 20.4. The zero-order valence-corrected chi connectivity index (χ0v) is 21.3. The van der Waals surface area contributed by atoms with Crippen molar-refractivity contribution in [3.63, 3.8) is 0 Å². The molecule has 3 nitrogen and oxygen atoms in total. The number of benzene rings is 3. The number of anilines is 1. The molecule has 0 atom stereocenters. The first-order chi connectivity index (χ1) is 14.9. The van der Waals surface area contributed by atoms with E-state index in [1.54, 1.807) is 0 Å². The number of hydrogen-bond acceptors (Lipinski definition) is 2. The molecule has 0 radical (unpaired) electrons. The topological polar surface area (TPSA) is 40.5 Å². The van der Waals surface area contributed by atoms with E-state index in [1.807, 2.05) is 78.3 Å². The Labute approximate surface area is 193 Å². The molecule has 0 amide bonds. The second-order valence-corrected chi connectivity index (χ2v) is 13.0. The molecule has 0 heterocycles. The van der Waals surface area contributed by atoms with Crippen LogP contribution in [0.3, 0.4) is 0 Å². The summed E-state index contributed by atoms with van der Waals surface area (Å²) >= 11 is 0. The minimum absolute atomic E-state index is 0.120. The fourth-order valence-electron chi connectivity index (χ4n) is 4.03. The van der Waals surface area contributed by atoms with Crippen molar-refractivity contribution in [1.29, 1.82) is 0 Å². The molecule has 4 heteroatoms. The van der Waals surface area contributed by atoms with Gasteiger partial charge in [0.1, 0.15) is 5.75 Å². The Bertz CT molecular complexity index is 1070. The molecule has 3 rings (SSSR count). The van der Waals surface area contributed by atoms with E-state index in [2.05, 4.69) is 47.6 Å². The number of aromatic hydroxyl groups is 1. The van der Waals surface area contributed by atoms with Crippen molar-refractivity contribution in [2.24, 2.45) is 0 Å². The molecular weight excluding hydrogens is 413 g/mol. The predicted molar refractivity (Wildman–Crippen MR) is 138 cm³/mol. The van der Waals surface area contributed by atoms with E-state index < -0.39 is 7.29 Å². The van der Waals surface area contributed by atoms with Crippen LogP contribution in [0.25, 0.3) is 0 Å². The summed E-state index contributed by atoms with van der Waals surface area (Å²) in [5.74, 6) is 0.208. The Morgan fingerprint density at radius 1 is 0.781 bits per heavy atom. The van der Waals surface area contributed by atoms with Gasteiger partial charge in [-0.1, -0.05) is 84.0 Å². The maximum atomic E-state index is 15.0. The number of nitrogens with zero attached hydrogens (tertiary/aromatic N) is 1. The highest BCUT2D eigenvalue weighted by molar-refractivity contribution is 7.80. The van der Waals surface area contributed by atoms with Gasteiger partial charge in [0, 0.05) is 22.7 Å². The lowest BCUT2D eigenvalue weighted by molar-refractivity contribution is 0.445. The summed E-state index contributed by atoms with van der Waals surface area (Å²) in [6, 6.07) is 23.4. The van der Waals surface area contributed by atoms with Gasteiger partial charge in [0.15, 0.2) is 0 Å². The maximum absolute atomic E-state index is 15.0. The largest absolute Gasteiger partial charge is 0.505 e. The molecule has 32 heavy (non-hydrogen) atoms. The van der Waals surface area contributed by atoms with Crippen LogP contribution in [0.1, 0.15) is 59.6 Å². The Balaban J connectivity index is 2.38. The standard InChI is InChI=1S/C28H36NO2P/c1-8-29(25-20-21(27(2,3)4)19-24(26(25)30)28(5,6)7)32(31,22-15-11-9-12-16-22)23-17-13-10-14-18-23/h9-20,30H,8H2,1-7H3. The predicted octanol–water partition coefficient (Wildman–Crippen LogP) is 6.74. The Morgan fingerprint density at radius 2 is 1.25 bits per heavy atom. The number of phenolic OH excluding ortho intramolecular Hbond substituents is 1. The normalized spacial score (nSPS) is 12.6. The second kappa shape index (κ2) is 8.79. The third-order valence-corrected chi connectivity index (χ3v) is 9.07. The van der Waals surface area contributed by atoms with Gasteiger partial charge in [-0.3, -0.25) is 4.57 Å². The highest BCUT2D eigenvalue weighted by Crippen LogP contribution is 2.54. The number of rotatable bonds is 5. The molecule has 1 N–H and O–H groups in total. The first-order valence-electron chi connectivity index (χ1n) is 11.3. The van der Waals surface area contributed by atoms with Crippen molar-refractivity contribution in [3.05, 3.63) is 83.9 Å². The van der Waals surface area contributed by atoms with Gasteiger partial charge in [0.05, 0.1) is 5.69 Å². The van der Waals surface area contributed by atoms with Gasteiger partial charge in [-0.05, 0) is 53.6 Å². The van der Waals surface area contributed by atoms with Gasteiger partial charge in [0.25, 0.3) is 0 Å². The molecule has 0 aliphatic heterocycles. The summed E-state index contributed by atoms with van der Waals surface area (Å²) in [5.41, 5.74) is 2.22. The van der Waals surface area contributed by atoms with Crippen LogP contribution in [-0.2, 0) is 15.4 Å². The maximum Gasteiger partial charge on any atom is 0.229 e. The van der Waals surface area contributed by atoms with E-state index in [0.29, 0.717) is 12.2 Å². The van der Waals surface area contributed by atoms with E-state index in [1.165, 1.54) is 0 Å². The molecule has 0 aliphatic rings. The van der Waals surface area contributed by atoms with Crippen LogP contribution in [0.4, 0.5) is 5.69 Å². The third kappa shape index (κ3) is 4.50. The van der Waals surface area contributed by atoms with Gasteiger partial charge in [-0.25, -0.2) is 0 Å². The van der Waals surface area contributed by atoms with Crippen LogP contribution in [-0.4, -0.2) is 11.7 Å². The van der Waals surface area contributed by atoms with Crippen molar-refractivity contribution in [3.8, 4) is 5.75 Å². The summed E-state index contributed by atoms with van der Waals surface area (Å²) in [5, 5.41) is 13.0. The third-order valence-electron chi connectivity index (χ3n) is 5.89. The van der Waals surface area contributed by atoms with Gasteiger partial charge in [-0.15, -0.1) is 0 Å². The van der Waals surface area contributed by atoms with Gasteiger partial charge in [-0.2, -0.15) is 0 Å². The monoisotopic (exact) mass is 449 g/mol. The lowest BCUT2D eigenvalue weighted by atomic mass is 9.79. The average Bonchev–Trinajstić information content (AvgIpc) is 2.74. The minimum Gasteiger partial charge on any atom is -0.505 e. The summed E-state index contributed by atoms with van der Waals surface area (Å²) in [6.07, 6.45) is 0. The van der Waals surface area contributed by atoms with Crippen molar-refractivity contribution in [1.82, 2.24) is 0 Å². The van der Waals surface area contributed by atoms with Crippen LogP contribution >= 0.6 is 7.29 Å². The quantitative estimate of drug-likeness (QED) is 0.438. The first-order valence-corrected chi connectivity index (χ1v) is 12.9. The molecule has 0 aromatic heterocycles. The molecule has 3 aromatic rings. The van der Waals surface area contributed by atoms with Crippen molar-refractivity contribution in [2.75, 3.05) is 11.2 Å². The van der Waals surface area contributed by atoms with Gasteiger partial charge in [0.2, 0.25) is 7.29 Å². The van der Waals surface area contributed by atoms with Crippen LogP contribution in [0.15, 0.2) is 72.8 Å². The molecule has 3 aromatic carbocycles. The zero-order chi connectivity index (χ0) is 23.7. The summed E-state index contributed by atoms with van der Waals surface area (Å²) < 4.78 is 17.0. The van der Waals surface area contributed by atoms with Crippen molar-refractivity contribution >= 4 is 23.6 Å². The fraction of sp³-hybridized carbons (Fsp3) is 0.357. The summed E-state index contributed by atoms with van der Waals surface area (Å²) in [7, 11) is -3.25. The smallest absolute Gasteiger partial charge is 0.229 e. The molecule has 0 saturated heterocycles. The van der Waals surface area contributed by atoms with E-state index in [4.69, 9.17) is 0 Å². The fourth-order valence-corrected chi connectivity index (χ4v) is 6.89. The van der Waals surface area contributed by atoms with E-state index >= 15 is 4.57 Å². The van der Waals surface area contributed by atoms with Crippen LogP contribution in [0, 0.1) is 0 Å². The first kappa shape index (κ1) is 24.1. The van der Waals surface area contributed by atoms with E-state index in [0.717, 1.165) is 21.7 Å². The molecular formula is C28H36NO2P. The SMILES string of the molecule is CCN(c1cc(C(C)(C)C)cc(C(C)(C)C)c1O)P(=O)(c1ccccc1)c1ccccc1. The Hall–Kier alpha value is -2.51. The van der Waals surface area contributed by atoms with Gasteiger partial charge >= 0.3 is 0 Å². The summed E-state index contributed by atoms with van der Waals surface area (Å²) in [6.45, 7) is 15.3. The molecule has 0 aliphatic carbocycles. The van der Waals surface area contributed by atoms with Crippen LogP contribution < -0.4 is 15.3 Å². The highest BCUT2D eigenvalue weighted by atomic mass is 31.2. The average molecular weight is 450 g/mol. The van der Waals surface area contributed by atoms with Crippen LogP contribution in [0.5, 0.6) is 5.75 Å². The molecule has 0 saturated carbocycles. The molecule has 0 bridgehead atoms. The number of hydrogen-bond donors (Lipinski definition) is 1. The second-order valence-electron chi connectivity index (χ2n) is 10.4. The van der Waals surface area contributed by atoms with Gasteiger partial charge < -0.3 is 9.78 Å². The van der Waals surface area contributed by atoms with E-state index in [9.17, 15) is 5.11 Å². The Morgan fingerprint density at radius 3 is 1.62 bits per heavy atom.